The summed E-state index contributed by atoms with van der Waals surface area (Å²) in [5.74, 6) is 0. The van der Waals surface area contributed by atoms with E-state index in [0.717, 1.165) is 12.8 Å². The van der Waals surface area contributed by atoms with Gasteiger partial charge in [-0.05, 0) is 72.1 Å². The van der Waals surface area contributed by atoms with Gasteiger partial charge in [-0.25, -0.2) is 0 Å². The molecule has 1 heteroatoms. The quantitative estimate of drug-likeness (QED) is 0.541. The second kappa shape index (κ2) is 7.83. The number of fused-ring (bicyclic) bond motifs is 3. The average Bonchev–Trinajstić information content (AvgIpc) is 2.63. The lowest BCUT2D eigenvalue weighted by atomic mass is 9.85. The molecule has 0 aliphatic heterocycles. The van der Waals surface area contributed by atoms with Crippen LogP contribution in [0.4, 0.5) is 5.69 Å². The van der Waals surface area contributed by atoms with Gasteiger partial charge in [0, 0.05) is 5.69 Å². The first kappa shape index (κ1) is 20.2. The monoisotopic (exact) mass is 371 g/mol. The number of hydrogen-bond donors (Lipinski definition) is 1. The van der Waals surface area contributed by atoms with E-state index in [1.165, 1.54) is 33.5 Å². The fraction of sp³-hybridized carbons (Fsp3) is 0.333. The van der Waals surface area contributed by atoms with Crippen LogP contribution in [0.2, 0.25) is 0 Å². The van der Waals surface area contributed by atoms with Gasteiger partial charge in [0.15, 0.2) is 0 Å². The molecule has 0 saturated carbocycles. The van der Waals surface area contributed by atoms with Crippen molar-refractivity contribution in [3.8, 4) is 11.1 Å². The van der Waals surface area contributed by atoms with E-state index in [2.05, 4.69) is 107 Å². The molecule has 3 rings (SSSR count). The summed E-state index contributed by atoms with van der Waals surface area (Å²) in [5, 5.41) is 3.75. The maximum Gasteiger partial charge on any atom is 0.0568 e. The normalized spacial score (nSPS) is 14.5. The molecule has 2 aromatic rings. The van der Waals surface area contributed by atoms with Gasteiger partial charge in [0.1, 0.15) is 0 Å². The number of nitrogens with one attached hydrogen (secondary N) is 1. The van der Waals surface area contributed by atoms with Gasteiger partial charge in [0.05, 0.1) is 5.54 Å². The topological polar surface area (TPSA) is 12.0 Å². The van der Waals surface area contributed by atoms with E-state index in [4.69, 9.17) is 0 Å². The van der Waals surface area contributed by atoms with Crippen molar-refractivity contribution in [1.29, 1.82) is 0 Å². The van der Waals surface area contributed by atoms with Crippen LogP contribution in [-0.2, 0) is 12.8 Å². The van der Waals surface area contributed by atoms with Gasteiger partial charge in [0.2, 0.25) is 0 Å². The van der Waals surface area contributed by atoms with Crippen LogP contribution in [0.1, 0.15) is 45.7 Å². The third-order valence-electron chi connectivity index (χ3n) is 5.32. The number of benzene rings is 2. The number of allylic oxidation sites excluding steroid dienone is 3. The average molecular weight is 372 g/mol. The van der Waals surface area contributed by atoms with Crippen molar-refractivity contribution in [2.24, 2.45) is 5.41 Å². The van der Waals surface area contributed by atoms with Crippen molar-refractivity contribution in [3.05, 3.63) is 90.0 Å². The van der Waals surface area contributed by atoms with Crippen LogP contribution in [0.5, 0.6) is 0 Å². The number of hydrogen-bond acceptors (Lipinski definition) is 1. The molecular formula is C27H33N. The molecule has 0 fully saturated rings. The second-order valence-electron chi connectivity index (χ2n) is 9.34. The van der Waals surface area contributed by atoms with Gasteiger partial charge in [-0.2, -0.15) is 0 Å². The number of rotatable bonds is 5. The highest BCUT2D eigenvalue weighted by Crippen LogP contribution is 2.36. The van der Waals surface area contributed by atoms with Crippen molar-refractivity contribution in [3.63, 3.8) is 0 Å². The number of anilines is 1. The van der Waals surface area contributed by atoms with E-state index >= 15 is 0 Å². The molecule has 0 bridgehead atoms. The standard InChI is InChI=1S/C27H33N/c1-7-10-22(17-18-26(2,3)4)27(5,6)28-23-15-16-25-21(19-23)14-13-20-11-8-9-12-24(20)25/h7-12,15-19,28H,1,13-14H2,2-6H3/b18-17-,22-10+. The van der Waals surface area contributed by atoms with Gasteiger partial charge in [-0.15, -0.1) is 0 Å². The van der Waals surface area contributed by atoms with Crippen molar-refractivity contribution >= 4 is 5.69 Å². The smallest absolute Gasteiger partial charge is 0.0568 e. The maximum absolute atomic E-state index is 3.91. The van der Waals surface area contributed by atoms with Crippen molar-refractivity contribution in [2.45, 2.75) is 53.0 Å². The van der Waals surface area contributed by atoms with E-state index in [0.29, 0.717) is 0 Å². The minimum Gasteiger partial charge on any atom is -0.376 e. The number of aryl methyl sites for hydroxylation is 2. The zero-order valence-corrected chi connectivity index (χ0v) is 18.0. The summed E-state index contributed by atoms with van der Waals surface area (Å²) in [4.78, 5) is 0. The van der Waals surface area contributed by atoms with Gasteiger partial charge >= 0.3 is 0 Å². The molecule has 0 unspecified atom stereocenters. The summed E-state index contributed by atoms with van der Waals surface area (Å²) in [5.41, 5.74) is 7.99. The Labute approximate surface area is 170 Å². The van der Waals surface area contributed by atoms with Gasteiger partial charge in [0.25, 0.3) is 0 Å². The Morgan fingerprint density at radius 3 is 2.32 bits per heavy atom. The Balaban J connectivity index is 1.88. The first-order chi connectivity index (χ1) is 13.2. The molecule has 0 saturated heterocycles. The lowest BCUT2D eigenvalue weighted by Crippen LogP contribution is -2.32. The van der Waals surface area contributed by atoms with Crippen LogP contribution in [0.25, 0.3) is 11.1 Å². The molecule has 1 aliphatic rings. The maximum atomic E-state index is 3.91. The first-order valence-corrected chi connectivity index (χ1v) is 10.2. The summed E-state index contributed by atoms with van der Waals surface area (Å²) < 4.78 is 0. The molecule has 0 aromatic heterocycles. The van der Waals surface area contributed by atoms with Crippen molar-refractivity contribution in [1.82, 2.24) is 0 Å². The Kier molecular flexibility index (Phi) is 5.65. The third-order valence-corrected chi connectivity index (χ3v) is 5.32. The zero-order valence-electron chi connectivity index (χ0n) is 18.0. The summed E-state index contributed by atoms with van der Waals surface area (Å²) in [6.07, 6.45) is 10.7. The van der Waals surface area contributed by atoms with Crippen LogP contribution >= 0.6 is 0 Å². The lowest BCUT2D eigenvalue weighted by Gasteiger charge is -2.31. The molecule has 0 spiro atoms. The second-order valence-corrected chi connectivity index (χ2v) is 9.34. The Morgan fingerprint density at radius 2 is 1.61 bits per heavy atom. The van der Waals surface area contributed by atoms with Crippen LogP contribution < -0.4 is 5.32 Å². The molecule has 0 radical (unpaired) electrons. The first-order valence-electron chi connectivity index (χ1n) is 10.2. The molecule has 0 atom stereocenters. The highest BCUT2D eigenvalue weighted by Gasteiger charge is 2.23. The Hall–Kier alpha value is -2.54. The van der Waals surface area contributed by atoms with E-state index in [9.17, 15) is 0 Å². The molecule has 0 heterocycles. The van der Waals surface area contributed by atoms with Crippen LogP contribution in [0.15, 0.2) is 78.9 Å². The molecule has 0 amide bonds. The zero-order chi connectivity index (χ0) is 20.4. The lowest BCUT2D eigenvalue weighted by molar-refractivity contribution is 0.542. The molecular weight excluding hydrogens is 338 g/mol. The molecule has 1 aliphatic carbocycles. The summed E-state index contributed by atoms with van der Waals surface area (Å²) in [6, 6.07) is 15.6. The predicted molar refractivity (Wildman–Crippen MR) is 124 cm³/mol. The Bertz CT molecular complexity index is 920. The van der Waals surface area contributed by atoms with Crippen LogP contribution in [0.3, 0.4) is 0 Å². The van der Waals surface area contributed by atoms with Gasteiger partial charge in [-0.3, -0.25) is 0 Å². The molecule has 146 valence electrons. The van der Waals surface area contributed by atoms with E-state index in [1.54, 1.807) is 0 Å². The fourth-order valence-corrected chi connectivity index (χ4v) is 3.78. The van der Waals surface area contributed by atoms with Crippen LogP contribution in [-0.4, -0.2) is 5.54 Å². The van der Waals surface area contributed by atoms with E-state index < -0.39 is 0 Å². The SMILES string of the molecule is C=C/C=C(\C=C/C(C)(C)C)C(C)(C)Nc1ccc2c(c1)CCc1ccccc1-2. The summed E-state index contributed by atoms with van der Waals surface area (Å²) in [6.45, 7) is 15.0. The van der Waals surface area contributed by atoms with Crippen molar-refractivity contribution < 1.29 is 0 Å². The molecule has 1 N–H and O–H groups in total. The highest BCUT2D eigenvalue weighted by molar-refractivity contribution is 5.75. The predicted octanol–water partition coefficient (Wildman–Crippen LogP) is 7.36. The largest absolute Gasteiger partial charge is 0.376 e. The van der Waals surface area contributed by atoms with Crippen molar-refractivity contribution in [2.75, 3.05) is 5.32 Å². The van der Waals surface area contributed by atoms with Gasteiger partial charge < -0.3 is 5.32 Å². The molecule has 1 nitrogen and oxygen atoms in total. The summed E-state index contributed by atoms with van der Waals surface area (Å²) in [7, 11) is 0. The minimum absolute atomic E-state index is 0.148. The van der Waals surface area contributed by atoms with Gasteiger partial charge in [-0.1, -0.05) is 82.0 Å². The highest BCUT2D eigenvalue weighted by atomic mass is 15.0. The fourth-order valence-electron chi connectivity index (χ4n) is 3.78. The van der Waals surface area contributed by atoms with E-state index in [1.807, 2.05) is 6.08 Å². The molecule has 28 heavy (non-hydrogen) atoms. The van der Waals surface area contributed by atoms with E-state index in [-0.39, 0.29) is 11.0 Å². The van der Waals surface area contributed by atoms with Crippen LogP contribution in [0, 0.1) is 5.41 Å². The molecule has 2 aromatic carbocycles. The third kappa shape index (κ3) is 4.65. The minimum atomic E-state index is -0.198. The summed E-state index contributed by atoms with van der Waals surface area (Å²) >= 11 is 0. The Morgan fingerprint density at radius 1 is 0.929 bits per heavy atom.